The monoisotopic (exact) mass is 396 g/mol. The van der Waals surface area contributed by atoms with Gasteiger partial charge in [0.1, 0.15) is 0 Å². The van der Waals surface area contributed by atoms with Gasteiger partial charge in [0.05, 0.1) is 11.2 Å². The van der Waals surface area contributed by atoms with Crippen LogP contribution in [0.3, 0.4) is 0 Å². The summed E-state index contributed by atoms with van der Waals surface area (Å²) in [5, 5.41) is 11.7. The maximum atomic E-state index is 4.61. The number of hydrogen-bond acceptors (Lipinski definition) is 1. The molecule has 1 N–H and O–H groups in total. The summed E-state index contributed by atoms with van der Waals surface area (Å²) in [6, 6.07) is 28.5. The number of nitrogens with one attached hydrogen (secondary N) is 1. The lowest BCUT2D eigenvalue weighted by Crippen LogP contribution is -2.01. The number of aromatic nitrogens is 2. The van der Waals surface area contributed by atoms with Crippen molar-refractivity contribution in [3.05, 3.63) is 114 Å². The highest BCUT2D eigenvalue weighted by atomic mass is 15.1. The summed E-state index contributed by atoms with van der Waals surface area (Å²) < 4.78 is 0. The molecule has 146 valence electrons. The van der Waals surface area contributed by atoms with Crippen LogP contribution in [0.15, 0.2) is 103 Å². The van der Waals surface area contributed by atoms with Crippen molar-refractivity contribution in [1.29, 1.82) is 0 Å². The number of H-pyrrole nitrogens is 1. The molecule has 0 radical (unpaired) electrons. The first kappa shape index (κ1) is 16.8. The van der Waals surface area contributed by atoms with Crippen LogP contribution < -0.4 is 0 Å². The Hall–Kier alpha value is -3.91. The van der Waals surface area contributed by atoms with Gasteiger partial charge < -0.3 is 0 Å². The second-order valence-corrected chi connectivity index (χ2v) is 8.49. The molecule has 0 aliphatic heterocycles. The number of aromatic amines is 1. The zero-order chi connectivity index (χ0) is 20.4. The zero-order valence-electron chi connectivity index (χ0n) is 16.9. The predicted molar refractivity (Wildman–Crippen MR) is 128 cm³/mol. The minimum absolute atomic E-state index is 0.459. The van der Waals surface area contributed by atoms with Crippen LogP contribution >= 0.6 is 0 Å². The van der Waals surface area contributed by atoms with Gasteiger partial charge in [-0.25, -0.2) is 0 Å². The number of para-hydroxylation sites is 1. The van der Waals surface area contributed by atoms with Crippen molar-refractivity contribution < 1.29 is 0 Å². The Labute approximate surface area is 180 Å². The molecule has 0 fully saturated rings. The van der Waals surface area contributed by atoms with Crippen LogP contribution in [0.4, 0.5) is 0 Å². The molecule has 2 unspecified atom stereocenters. The SMILES string of the molecule is C1=CC2c3cccc4c(-c5cccc(-c6n[nH]c7ccccc67)c5)ccc(c34)C2C=C1. The molecule has 2 aliphatic carbocycles. The zero-order valence-corrected chi connectivity index (χ0v) is 16.9. The van der Waals surface area contributed by atoms with Crippen molar-refractivity contribution in [1.82, 2.24) is 10.2 Å². The second-order valence-electron chi connectivity index (χ2n) is 8.49. The normalized spacial score (nSPS) is 18.7. The summed E-state index contributed by atoms with van der Waals surface area (Å²) in [6.07, 6.45) is 9.07. The summed E-state index contributed by atoms with van der Waals surface area (Å²) in [7, 11) is 0. The van der Waals surface area contributed by atoms with E-state index in [1.807, 2.05) is 6.07 Å². The molecule has 0 saturated carbocycles. The Balaban J connectivity index is 1.43. The minimum Gasteiger partial charge on any atom is -0.277 e. The lowest BCUT2D eigenvalue weighted by Gasteiger charge is -2.17. The second kappa shape index (κ2) is 6.29. The summed E-state index contributed by atoms with van der Waals surface area (Å²) in [5.41, 5.74) is 8.63. The molecule has 31 heavy (non-hydrogen) atoms. The van der Waals surface area contributed by atoms with Crippen LogP contribution in [-0.4, -0.2) is 10.2 Å². The molecule has 0 bridgehead atoms. The van der Waals surface area contributed by atoms with E-state index >= 15 is 0 Å². The summed E-state index contributed by atoms with van der Waals surface area (Å²) in [6.45, 7) is 0. The van der Waals surface area contributed by atoms with E-state index in [9.17, 15) is 0 Å². The van der Waals surface area contributed by atoms with Crippen LogP contribution in [0, 0.1) is 0 Å². The minimum atomic E-state index is 0.459. The standard InChI is InChI=1S/C29H20N2/c1-2-10-22-21(9-1)24-13-6-12-23-20(15-16-25(22)28(23)24)18-7-5-8-19(17-18)29-26-11-3-4-14-27(26)30-31-29/h1-17,21-22H,(H,30,31). The van der Waals surface area contributed by atoms with Gasteiger partial charge in [-0.2, -0.15) is 5.10 Å². The lowest BCUT2D eigenvalue weighted by molar-refractivity contribution is 0.769. The largest absolute Gasteiger partial charge is 0.277 e. The smallest absolute Gasteiger partial charge is 0.0999 e. The highest BCUT2D eigenvalue weighted by molar-refractivity contribution is 6.03. The fraction of sp³-hybridized carbons (Fsp3) is 0.0690. The number of nitrogens with zero attached hydrogens (tertiary/aromatic N) is 1. The summed E-state index contributed by atoms with van der Waals surface area (Å²) in [5.74, 6) is 0.918. The van der Waals surface area contributed by atoms with Crippen molar-refractivity contribution in [2.75, 3.05) is 0 Å². The van der Waals surface area contributed by atoms with Crippen molar-refractivity contribution in [2.24, 2.45) is 0 Å². The van der Waals surface area contributed by atoms with E-state index in [-0.39, 0.29) is 0 Å². The van der Waals surface area contributed by atoms with Gasteiger partial charge in [0.15, 0.2) is 0 Å². The first-order valence-corrected chi connectivity index (χ1v) is 10.8. The highest BCUT2D eigenvalue weighted by Gasteiger charge is 2.32. The maximum absolute atomic E-state index is 4.61. The molecule has 2 atom stereocenters. The number of fused-ring (bicyclic) bond motifs is 4. The van der Waals surface area contributed by atoms with E-state index in [0.717, 1.165) is 22.2 Å². The van der Waals surface area contributed by atoms with Crippen molar-refractivity contribution in [3.63, 3.8) is 0 Å². The third-order valence-electron chi connectivity index (χ3n) is 6.88. The Bertz CT molecular complexity index is 1530. The number of benzene rings is 4. The predicted octanol–water partition coefficient (Wildman–Crippen LogP) is 7.36. The molecule has 0 amide bonds. The van der Waals surface area contributed by atoms with E-state index < -0.39 is 0 Å². The van der Waals surface area contributed by atoms with Gasteiger partial charge in [-0.3, -0.25) is 5.10 Å². The van der Waals surface area contributed by atoms with Crippen LogP contribution in [0.5, 0.6) is 0 Å². The molecule has 1 aromatic heterocycles. The van der Waals surface area contributed by atoms with Crippen molar-refractivity contribution in [2.45, 2.75) is 11.8 Å². The molecule has 5 aromatic rings. The number of rotatable bonds is 2. The molecule has 0 saturated heterocycles. The van der Waals surface area contributed by atoms with E-state index in [0.29, 0.717) is 11.8 Å². The Morgan fingerprint density at radius 1 is 0.645 bits per heavy atom. The van der Waals surface area contributed by atoms with Crippen molar-refractivity contribution in [3.8, 4) is 22.4 Å². The maximum Gasteiger partial charge on any atom is 0.0999 e. The molecule has 1 heterocycles. The summed E-state index contributed by atoms with van der Waals surface area (Å²) >= 11 is 0. The number of hydrogen-bond donors (Lipinski definition) is 1. The quantitative estimate of drug-likeness (QED) is 0.332. The van der Waals surface area contributed by atoms with Gasteiger partial charge in [0.2, 0.25) is 0 Å². The van der Waals surface area contributed by atoms with E-state index in [4.69, 9.17) is 0 Å². The Kier molecular flexibility index (Phi) is 3.42. The third kappa shape index (κ3) is 2.36. The molecule has 0 spiro atoms. The van der Waals surface area contributed by atoms with Gasteiger partial charge in [0.25, 0.3) is 0 Å². The van der Waals surface area contributed by atoms with Crippen LogP contribution in [0.25, 0.3) is 44.1 Å². The number of allylic oxidation sites excluding steroid dienone is 4. The first-order chi connectivity index (χ1) is 15.4. The fourth-order valence-electron chi connectivity index (χ4n) is 5.49. The molecular formula is C29H20N2. The molecule has 2 aliphatic rings. The van der Waals surface area contributed by atoms with Gasteiger partial charge in [-0.05, 0) is 45.2 Å². The fourth-order valence-corrected chi connectivity index (χ4v) is 5.49. The van der Waals surface area contributed by atoms with Gasteiger partial charge >= 0.3 is 0 Å². The average Bonchev–Trinajstić information content (AvgIpc) is 3.41. The van der Waals surface area contributed by atoms with E-state index in [2.05, 4.69) is 107 Å². The van der Waals surface area contributed by atoms with Gasteiger partial charge in [0, 0.05) is 22.8 Å². The Morgan fingerprint density at radius 3 is 2.29 bits per heavy atom. The molecule has 2 heteroatoms. The van der Waals surface area contributed by atoms with Gasteiger partial charge in [-0.1, -0.05) is 91.0 Å². The van der Waals surface area contributed by atoms with Crippen LogP contribution in [-0.2, 0) is 0 Å². The van der Waals surface area contributed by atoms with Crippen molar-refractivity contribution >= 4 is 21.7 Å². The molecular weight excluding hydrogens is 376 g/mol. The van der Waals surface area contributed by atoms with Gasteiger partial charge in [-0.15, -0.1) is 0 Å². The highest BCUT2D eigenvalue weighted by Crippen LogP contribution is 2.51. The Morgan fingerprint density at radius 2 is 1.39 bits per heavy atom. The average molecular weight is 396 g/mol. The van der Waals surface area contributed by atoms with Crippen LogP contribution in [0.1, 0.15) is 23.0 Å². The topological polar surface area (TPSA) is 28.7 Å². The molecule has 4 aromatic carbocycles. The third-order valence-corrected chi connectivity index (χ3v) is 6.88. The lowest BCUT2D eigenvalue weighted by atomic mass is 9.86. The summed E-state index contributed by atoms with van der Waals surface area (Å²) in [4.78, 5) is 0. The first-order valence-electron chi connectivity index (χ1n) is 10.8. The van der Waals surface area contributed by atoms with Crippen LogP contribution in [0.2, 0.25) is 0 Å². The van der Waals surface area contributed by atoms with E-state index in [1.165, 1.54) is 33.0 Å². The molecule has 2 nitrogen and oxygen atoms in total. The molecule has 7 rings (SSSR count). The van der Waals surface area contributed by atoms with E-state index in [1.54, 1.807) is 0 Å².